The number of nitriles is 1. The zero-order valence-electron chi connectivity index (χ0n) is 9.52. The summed E-state index contributed by atoms with van der Waals surface area (Å²) in [6, 6.07) is 11.5. The van der Waals surface area contributed by atoms with Gasteiger partial charge in [-0.1, -0.05) is 44.2 Å². The van der Waals surface area contributed by atoms with Gasteiger partial charge < -0.3 is 0 Å². The van der Waals surface area contributed by atoms with Crippen LogP contribution in [-0.4, -0.2) is 18.1 Å². The minimum absolute atomic E-state index is 0.304. The fourth-order valence-electron chi connectivity index (χ4n) is 1.18. The fourth-order valence-corrected chi connectivity index (χ4v) is 1.33. The van der Waals surface area contributed by atoms with Gasteiger partial charge >= 0.3 is 0 Å². The molecule has 0 aliphatic heterocycles. The molecule has 2 nitrogen and oxygen atoms in total. The third-order valence-electron chi connectivity index (χ3n) is 2.38. The predicted molar refractivity (Wildman–Crippen MR) is 67.9 cm³/mol. The molecule has 3 heteroatoms. The summed E-state index contributed by atoms with van der Waals surface area (Å²) < 4.78 is 0. The monoisotopic (exact) mass is 234 g/mol. The van der Waals surface area contributed by atoms with Gasteiger partial charge in [-0.2, -0.15) is 5.26 Å². The Labute approximate surface area is 102 Å². The Bertz CT molecular complexity index is 390. The second-order valence-corrected chi connectivity index (χ2v) is 4.61. The van der Waals surface area contributed by atoms with Gasteiger partial charge in [-0.15, -0.1) is 11.6 Å². The highest BCUT2D eigenvalue weighted by Gasteiger charge is 2.27. The largest absolute Gasteiger partial charge is 0.273 e. The van der Waals surface area contributed by atoms with Crippen molar-refractivity contribution in [1.82, 2.24) is 0 Å². The van der Waals surface area contributed by atoms with Crippen LogP contribution >= 0.6 is 11.6 Å². The molecule has 0 spiro atoms. The number of aliphatic imine (C=N–C) groups is 1. The molecule has 1 rings (SSSR count). The summed E-state index contributed by atoms with van der Waals surface area (Å²) in [5.41, 5.74) is 0.690. The van der Waals surface area contributed by atoms with Crippen LogP contribution in [0.25, 0.3) is 0 Å². The van der Waals surface area contributed by atoms with Gasteiger partial charge in [-0.05, 0) is 5.56 Å². The van der Waals surface area contributed by atoms with Crippen molar-refractivity contribution in [2.75, 3.05) is 5.88 Å². The van der Waals surface area contributed by atoms with Gasteiger partial charge in [0.2, 0.25) is 0 Å². The van der Waals surface area contributed by atoms with Crippen LogP contribution < -0.4 is 0 Å². The molecule has 0 aliphatic carbocycles. The topological polar surface area (TPSA) is 36.1 Å². The van der Waals surface area contributed by atoms with Crippen molar-refractivity contribution in [2.24, 2.45) is 10.4 Å². The maximum atomic E-state index is 9.05. The van der Waals surface area contributed by atoms with Crippen molar-refractivity contribution in [3.05, 3.63) is 35.9 Å². The molecule has 0 saturated heterocycles. The first kappa shape index (κ1) is 12.7. The van der Waals surface area contributed by atoms with Crippen molar-refractivity contribution in [1.29, 1.82) is 5.26 Å². The number of nitrogens with zero attached hydrogens (tertiary/aromatic N) is 2. The van der Waals surface area contributed by atoms with E-state index in [9.17, 15) is 0 Å². The molecule has 0 aromatic heterocycles. The molecule has 0 radical (unpaired) electrons. The van der Waals surface area contributed by atoms with Crippen molar-refractivity contribution < 1.29 is 0 Å². The minimum atomic E-state index is -0.412. The smallest absolute Gasteiger partial charge is 0.142 e. The first-order valence-electron chi connectivity index (χ1n) is 5.14. The van der Waals surface area contributed by atoms with Crippen LogP contribution in [0.4, 0.5) is 0 Å². The molecule has 0 bridgehead atoms. The van der Waals surface area contributed by atoms with Gasteiger partial charge in [0.15, 0.2) is 0 Å². The minimum Gasteiger partial charge on any atom is -0.273 e. The van der Waals surface area contributed by atoms with Crippen molar-refractivity contribution in [3.8, 4) is 6.07 Å². The van der Waals surface area contributed by atoms with Gasteiger partial charge in [-0.3, -0.25) is 4.99 Å². The zero-order chi connectivity index (χ0) is 12.0. The summed E-state index contributed by atoms with van der Waals surface area (Å²) in [6.07, 6.45) is 1.72. The predicted octanol–water partition coefficient (Wildman–Crippen LogP) is 3.26. The molecule has 0 unspecified atom stereocenters. The van der Waals surface area contributed by atoms with Crippen LogP contribution in [0.5, 0.6) is 0 Å². The molecular formula is C13H15ClN2. The Morgan fingerprint density at radius 2 is 2.06 bits per heavy atom. The van der Waals surface area contributed by atoms with E-state index in [4.69, 9.17) is 16.9 Å². The van der Waals surface area contributed by atoms with E-state index in [-0.39, 0.29) is 5.41 Å². The highest BCUT2D eigenvalue weighted by Crippen LogP contribution is 2.24. The SMILES string of the molecule is CC(C)(CCl)[C@H](C#N)N=Cc1ccccc1. The van der Waals surface area contributed by atoms with Crippen LogP contribution in [-0.2, 0) is 0 Å². The molecule has 0 aliphatic rings. The van der Waals surface area contributed by atoms with E-state index in [1.54, 1.807) is 6.21 Å². The zero-order valence-corrected chi connectivity index (χ0v) is 10.3. The van der Waals surface area contributed by atoms with Crippen molar-refractivity contribution in [2.45, 2.75) is 19.9 Å². The van der Waals surface area contributed by atoms with Gasteiger partial charge in [0.25, 0.3) is 0 Å². The van der Waals surface area contributed by atoms with E-state index in [1.807, 2.05) is 44.2 Å². The Morgan fingerprint density at radius 1 is 1.44 bits per heavy atom. The molecule has 0 fully saturated rings. The lowest BCUT2D eigenvalue weighted by Crippen LogP contribution is -2.28. The first-order valence-corrected chi connectivity index (χ1v) is 5.67. The molecule has 0 saturated carbocycles. The summed E-state index contributed by atoms with van der Waals surface area (Å²) in [5.74, 6) is 0.414. The van der Waals surface area contributed by atoms with Gasteiger partial charge in [0.05, 0.1) is 6.07 Å². The van der Waals surface area contributed by atoms with Crippen LogP contribution in [0.2, 0.25) is 0 Å². The second kappa shape index (κ2) is 5.67. The van der Waals surface area contributed by atoms with Gasteiger partial charge in [0, 0.05) is 17.5 Å². The highest BCUT2D eigenvalue weighted by molar-refractivity contribution is 6.18. The molecule has 16 heavy (non-hydrogen) atoms. The summed E-state index contributed by atoms with van der Waals surface area (Å²) in [5, 5.41) is 9.05. The van der Waals surface area contributed by atoms with E-state index in [0.717, 1.165) is 5.56 Å². The Balaban J connectivity index is 2.80. The van der Waals surface area contributed by atoms with E-state index >= 15 is 0 Å². The van der Waals surface area contributed by atoms with Crippen molar-refractivity contribution >= 4 is 17.8 Å². The van der Waals surface area contributed by atoms with Crippen molar-refractivity contribution in [3.63, 3.8) is 0 Å². The Kier molecular flexibility index (Phi) is 4.52. The summed E-state index contributed by atoms with van der Waals surface area (Å²) in [7, 11) is 0. The van der Waals surface area contributed by atoms with Crippen LogP contribution in [0.1, 0.15) is 19.4 Å². The van der Waals surface area contributed by atoms with Gasteiger partial charge in [0.1, 0.15) is 6.04 Å². The van der Waals surface area contributed by atoms with Gasteiger partial charge in [-0.25, -0.2) is 0 Å². The second-order valence-electron chi connectivity index (χ2n) is 4.34. The first-order chi connectivity index (χ1) is 7.60. The highest BCUT2D eigenvalue weighted by atomic mass is 35.5. The molecule has 0 N–H and O–H groups in total. The van der Waals surface area contributed by atoms with E-state index in [0.29, 0.717) is 5.88 Å². The average Bonchev–Trinajstić information content (AvgIpc) is 2.31. The summed E-state index contributed by atoms with van der Waals surface area (Å²) in [4.78, 5) is 4.28. The molecule has 1 aromatic carbocycles. The fraction of sp³-hybridized carbons (Fsp3) is 0.385. The van der Waals surface area contributed by atoms with E-state index in [1.165, 1.54) is 0 Å². The van der Waals surface area contributed by atoms with E-state index in [2.05, 4.69) is 11.1 Å². The molecule has 1 atom stereocenters. The number of hydrogen-bond donors (Lipinski definition) is 0. The molecular weight excluding hydrogens is 220 g/mol. The van der Waals surface area contributed by atoms with E-state index < -0.39 is 6.04 Å². The Hall–Kier alpha value is -1.33. The molecule has 0 amide bonds. The van der Waals surface area contributed by atoms with Crippen LogP contribution in [0, 0.1) is 16.7 Å². The third kappa shape index (κ3) is 3.36. The summed E-state index contributed by atoms with van der Waals surface area (Å²) in [6.45, 7) is 3.88. The standard InChI is InChI=1S/C13H15ClN2/c1-13(2,10-14)12(8-15)16-9-11-6-4-3-5-7-11/h3-7,9,12H,10H2,1-2H3/t12-/m0/s1. The molecule has 1 aromatic rings. The maximum absolute atomic E-state index is 9.05. The van der Waals surface area contributed by atoms with Crippen LogP contribution in [0.15, 0.2) is 35.3 Å². The normalized spacial score (nSPS) is 13.6. The Morgan fingerprint density at radius 3 is 2.56 bits per heavy atom. The number of alkyl halides is 1. The lowest BCUT2D eigenvalue weighted by Gasteiger charge is -2.23. The average molecular weight is 235 g/mol. The molecule has 0 heterocycles. The lowest BCUT2D eigenvalue weighted by molar-refractivity contribution is 0.381. The number of benzene rings is 1. The quantitative estimate of drug-likeness (QED) is 0.582. The number of halogens is 1. The van der Waals surface area contributed by atoms with Crippen LogP contribution in [0.3, 0.4) is 0 Å². The lowest BCUT2D eigenvalue weighted by atomic mass is 9.88. The third-order valence-corrected chi connectivity index (χ3v) is 3.07. The number of rotatable bonds is 4. The molecule has 84 valence electrons. The summed E-state index contributed by atoms with van der Waals surface area (Å²) >= 11 is 5.82. The maximum Gasteiger partial charge on any atom is 0.142 e. The number of hydrogen-bond acceptors (Lipinski definition) is 2.